The summed E-state index contributed by atoms with van der Waals surface area (Å²) in [4.78, 5) is 4.36. The van der Waals surface area contributed by atoms with Gasteiger partial charge in [0, 0.05) is 24.5 Å². The minimum Gasteiger partial charge on any atom is -0.349 e. The van der Waals surface area contributed by atoms with Crippen LogP contribution in [0, 0.1) is 0 Å². The minimum absolute atomic E-state index is 0.487. The molecular weight excluding hydrogens is 264 g/mol. The molecule has 2 aromatic heterocycles. The Morgan fingerprint density at radius 1 is 1.32 bits per heavy atom. The number of aryl methyl sites for hydroxylation is 1. The lowest BCUT2D eigenvalue weighted by Gasteiger charge is -2.07. The lowest BCUT2D eigenvalue weighted by Crippen LogP contribution is -2.06. The van der Waals surface area contributed by atoms with Crippen LogP contribution >= 0.6 is 11.6 Å². The standard InChI is InChI=1S/C12H11ClN6/c1-19-12(16-17-18-19)14-7-9-6-8-4-2-3-5-10(8)15-11(9)13/h2-6H,7H2,1H3,(H,14,16,18). The molecule has 0 bridgehead atoms. The summed E-state index contributed by atoms with van der Waals surface area (Å²) in [5.41, 5.74) is 1.79. The van der Waals surface area contributed by atoms with Crippen LogP contribution in [0.4, 0.5) is 5.95 Å². The smallest absolute Gasteiger partial charge is 0.242 e. The van der Waals surface area contributed by atoms with Gasteiger partial charge in [-0.1, -0.05) is 34.9 Å². The summed E-state index contributed by atoms with van der Waals surface area (Å²) < 4.78 is 1.56. The van der Waals surface area contributed by atoms with Crippen LogP contribution in [0.15, 0.2) is 30.3 Å². The maximum atomic E-state index is 6.17. The van der Waals surface area contributed by atoms with Crippen molar-refractivity contribution >= 4 is 28.5 Å². The van der Waals surface area contributed by atoms with Crippen LogP contribution in [0.1, 0.15) is 5.56 Å². The zero-order valence-corrected chi connectivity index (χ0v) is 11.0. The summed E-state index contributed by atoms with van der Waals surface area (Å²) in [7, 11) is 1.77. The number of hydrogen-bond donors (Lipinski definition) is 1. The molecule has 0 unspecified atom stereocenters. The van der Waals surface area contributed by atoms with Crippen molar-refractivity contribution in [2.45, 2.75) is 6.54 Å². The number of anilines is 1. The lowest BCUT2D eigenvalue weighted by atomic mass is 10.1. The molecule has 96 valence electrons. The van der Waals surface area contributed by atoms with Gasteiger partial charge in [-0.3, -0.25) is 0 Å². The van der Waals surface area contributed by atoms with Crippen molar-refractivity contribution in [2.75, 3.05) is 5.32 Å². The van der Waals surface area contributed by atoms with Crippen molar-refractivity contribution < 1.29 is 0 Å². The molecule has 0 atom stereocenters. The molecule has 1 N–H and O–H groups in total. The highest BCUT2D eigenvalue weighted by Gasteiger charge is 2.06. The Hall–Kier alpha value is -2.21. The van der Waals surface area contributed by atoms with E-state index < -0.39 is 0 Å². The summed E-state index contributed by atoms with van der Waals surface area (Å²) in [6.07, 6.45) is 0. The Bertz CT molecular complexity index is 723. The molecule has 3 aromatic rings. The topological polar surface area (TPSA) is 68.5 Å². The molecule has 0 amide bonds. The predicted molar refractivity (Wildman–Crippen MR) is 72.9 cm³/mol. The number of aromatic nitrogens is 5. The second-order valence-corrected chi connectivity index (χ2v) is 4.47. The number of fused-ring (bicyclic) bond motifs is 1. The zero-order chi connectivity index (χ0) is 13.2. The second-order valence-electron chi connectivity index (χ2n) is 4.11. The third-order valence-corrected chi connectivity index (χ3v) is 3.13. The molecule has 2 heterocycles. The van der Waals surface area contributed by atoms with Crippen molar-refractivity contribution in [1.29, 1.82) is 0 Å². The summed E-state index contributed by atoms with van der Waals surface area (Å²) in [5.74, 6) is 0.587. The molecule has 0 aliphatic rings. The highest BCUT2D eigenvalue weighted by atomic mass is 35.5. The van der Waals surface area contributed by atoms with Crippen molar-refractivity contribution in [3.8, 4) is 0 Å². The van der Waals surface area contributed by atoms with E-state index in [1.54, 1.807) is 11.7 Å². The van der Waals surface area contributed by atoms with Gasteiger partial charge in [0.25, 0.3) is 0 Å². The van der Waals surface area contributed by atoms with E-state index in [2.05, 4.69) is 25.8 Å². The van der Waals surface area contributed by atoms with Gasteiger partial charge in [0.1, 0.15) is 5.15 Å². The number of pyridine rings is 1. The van der Waals surface area contributed by atoms with Crippen molar-refractivity contribution in [3.05, 3.63) is 41.0 Å². The fourth-order valence-electron chi connectivity index (χ4n) is 1.81. The third-order valence-electron chi connectivity index (χ3n) is 2.81. The molecule has 7 heteroatoms. The number of nitrogens with zero attached hydrogens (tertiary/aromatic N) is 5. The largest absolute Gasteiger partial charge is 0.349 e. The highest BCUT2D eigenvalue weighted by molar-refractivity contribution is 6.30. The number of nitrogens with one attached hydrogen (secondary N) is 1. The molecule has 0 saturated heterocycles. The van der Waals surface area contributed by atoms with Gasteiger partial charge in [-0.05, 0) is 22.6 Å². The number of para-hydroxylation sites is 1. The van der Waals surface area contributed by atoms with Gasteiger partial charge in [-0.25, -0.2) is 9.67 Å². The first-order chi connectivity index (χ1) is 9.24. The first-order valence-electron chi connectivity index (χ1n) is 5.74. The molecule has 0 spiro atoms. The fraction of sp³-hybridized carbons (Fsp3) is 0.167. The van der Waals surface area contributed by atoms with E-state index >= 15 is 0 Å². The third kappa shape index (κ3) is 2.34. The Morgan fingerprint density at radius 3 is 2.95 bits per heavy atom. The average molecular weight is 275 g/mol. The number of rotatable bonds is 3. The highest BCUT2D eigenvalue weighted by Crippen LogP contribution is 2.20. The van der Waals surface area contributed by atoms with E-state index in [-0.39, 0.29) is 0 Å². The molecule has 0 aliphatic carbocycles. The van der Waals surface area contributed by atoms with Gasteiger partial charge in [0.2, 0.25) is 5.95 Å². The second kappa shape index (κ2) is 4.81. The SMILES string of the molecule is Cn1nnnc1NCc1cc2ccccc2nc1Cl. The molecule has 6 nitrogen and oxygen atoms in total. The number of halogens is 1. The molecule has 0 fully saturated rings. The van der Waals surface area contributed by atoms with E-state index in [1.807, 2.05) is 30.3 Å². The Labute approximate surface area is 114 Å². The molecule has 19 heavy (non-hydrogen) atoms. The van der Waals surface area contributed by atoms with Gasteiger partial charge in [-0.15, -0.1) is 0 Å². The summed E-state index contributed by atoms with van der Waals surface area (Å²) in [6.45, 7) is 0.519. The lowest BCUT2D eigenvalue weighted by molar-refractivity contribution is 0.712. The first-order valence-corrected chi connectivity index (χ1v) is 6.12. The van der Waals surface area contributed by atoms with Crippen molar-refractivity contribution in [1.82, 2.24) is 25.2 Å². The van der Waals surface area contributed by atoms with Gasteiger partial charge < -0.3 is 5.32 Å². The molecule has 0 aliphatic heterocycles. The van der Waals surface area contributed by atoms with E-state index in [0.29, 0.717) is 17.6 Å². The average Bonchev–Trinajstić information content (AvgIpc) is 2.82. The van der Waals surface area contributed by atoms with Gasteiger partial charge in [0.05, 0.1) is 5.52 Å². The maximum Gasteiger partial charge on any atom is 0.242 e. The van der Waals surface area contributed by atoms with Crippen LogP contribution in [0.5, 0.6) is 0 Å². The molecule has 0 radical (unpaired) electrons. The summed E-state index contributed by atoms with van der Waals surface area (Å²) in [5, 5.41) is 15.8. The van der Waals surface area contributed by atoms with Crippen LogP contribution < -0.4 is 5.32 Å². The van der Waals surface area contributed by atoms with Crippen LogP contribution in [0.2, 0.25) is 5.15 Å². The molecular formula is C12H11ClN6. The van der Waals surface area contributed by atoms with E-state index in [1.165, 1.54) is 0 Å². The van der Waals surface area contributed by atoms with E-state index in [0.717, 1.165) is 16.5 Å². The van der Waals surface area contributed by atoms with Gasteiger partial charge in [-0.2, -0.15) is 0 Å². The number of hydrogen-bond acceptors (Lipinski definition) is 5. The van der Waals surface area contributed by atoms with Crippen LogP contribution in [-0.2, 0) is 13.6 Å². The van der Waals surface area contributed by atoms with Crippen molar-refractivity contribution in [3.63, 3.8) is 0 Å². The van der Waals surface area contributed by atoms with E-state index in [4.69, 9.17) is 11.6 Å². The Morgan fingerprint density at radius 2 is 2.16 bits per heavy atom. The van der Waals surface area contributed by atoms with Crippen molar-refractivity contribution in [2.24, 2.45) is 7.05 Å². The zero-order valence-electron chi connectivity index (χ0n) is 10.2. The van der Waals surface area contributed by atoms with Crippen LogP contribution in [-0.4, -0.2) is 25.2 Å². The minimum atomic E-state index is 0.487. The predicted octanol–water partition coefficient (Wildman–Crippen LogP) is 2.02. The first kappa shape index (κ1) is 11.9. The molecule has 0 saturated carbocycles. The molecule has 3 rings (SSSR count). The Balaban J connectivity index is 1.88. The van der Waals surface area contributed by atoms with Gasteiger partial charge >= 0.3 is 0 Å². The van der Waals surface area contributed by atoms with Crippen LogP contribution in [0.3, 0.4) is 0 Å². The quantitative estimate of drug-likeness (QED) is 0.740. The van der Waals surface area contributed by atoms with E-state index in [9.17, 15) is 0 Å². The number of tetrazole rings is 1. The van der Waals surface area contributed by atoms with Crippen LogP contribution in [0.25, 0.3) is 10.9 Å². The number of benzene rings is 1. The summed E-state index contributed by atoms with van der Waals surface area (Å²) in [6, 6.07) is 9.87. The summed E-state index contributed by atoms with van der Waals surface area (Å²) >= 11 is 6.17. The normalized spacial score (nSPS) is 10.8. The van der Waals surface area contributed by atoms with Gasteiger partial charge in [0.15, 0.2) is 0 Å². The Kier molecular flexibility index (Phi) is 3.00. The molecule has 1 aromatic carbocycles. The fourth-order valence-corrected chi connectivity index (χ4v) is 2.03. The maximum absolute atomic E-state index is 6.17. The monoisotopic (exact) mass is 274 g/mol.